The predicted molar refractivity (Wildman–Crippen MR) is 70.8 cm³/mol. The molecule has 0 unspecified atom stereocenters. The van der Waals surface area contributed by atoms with Crippen molar-refractivity contribution < 1.29 is 18.0 Å². The van der Waals surface area contributed by atoms with Gasteiger partial charge in [-0.3, -0.25) is 4.79 Å². The Kier molecular flexibility index (Phi) is 4.20. The lowest BCUT2D eigenvalue weighted by Gasteiger charge is -2.31. The second kappa shape index (κ2) is 5.73. The van der Waals surface area contributed by atoms with Crippen molar-refractivity contribution in [2.24, 2.45) is 0 Å². The molecule has 1 aromatic rings. The number of rotatable bonds is 3. The van der Waals surface area contributed by atoms with Crippen LogP contribution in [0.5, 0.6) is 0 Å². The standard InChI is InChI=1S/C14H17F3N2O/c1-10-4-5-12-11(7-10)3-2-6-19(12)8-13(20)18-9-14(15,16)17/h4-5,7H,2-3,6,8-9H2,1H3,(H,18,20). The lowest BCUT2D eigenvalue weighted by molar-refractivity contribution is -0.137. The summed E-state index contributed by atoms with van der Waals surface area (Å²) in [7, 11) is 0. The monoisotopic (exact) mass is 286 g/mol. The summed E-state index contributed by atoms with van der Waals surface area (Å²) in [5.74, 6) is -0.601. The Morgan fingerprint density at radius 1 is 1.40 bits per heavy atom. The van der Waals surface area contributed by atoms with Gasteiger partial charge in [0.2, 0.25) is 5.91 Å². The smallest absolute Gasteiger partial charge is 0.362 e. The van der Waals surface area contributed by atoms with Crippen molar-refractivity contribution in [2.45, 2.75) is 25.9 Å². The van der Waals surface area contributed by atoms with E-state index < -0.39 is 18.6 Å². The SMILES string of the molecule is Cc1ccc2c(c1)CCCN2CC(=O)NCC(F)(F)F. The zero-order chi connectivity index (χ0) is 14.8. The lowest BCUT2D eigenvalue weighted by atomic mass is 9.99. The molecule has 1 aromatic carbocycles. The number of nitrogens with zero attached hydrogens (tertiary/aromatic N) is 1. The third-order valence-corrected chi connectivity index (χ3v) is 3.27. The molecule has 0 fully saturated rings. The van der Waals surface area contributed by atoms with Crippen molar-refractivity contribution in [2.75, 3.05) is 24.5 Å². The van der Waals surface area contributed by atoms with E-state index in [1.165, 1.54) is 0 Å². The van der Waals surface area contributed by atoms with Crippen LogP contribution in [0.3, 0.4) is 0 Å². The highest BCUT2D eigenvalue weighted by molar-refractivity contribution is 5.82. The summed E-state index contributed by atoms with van der Waals surface area (Å²) < 4.78 is 36.1. The molecule has 0 aromatic heterocycles. The molecule has 0 atom stereocenters. The zero-order valence-corrected chi connectivity index (χ0v) is 11.3. The van der Waals surface area contributed by atoms with Gasteiger partial charge in [-0.1, -0.05) is 17.7 Å². The van der Waals surface area contributed by atoms with E-state index >= 15 is 0 Å². The Balaban J connectivity index is 2.00. The number of halogens is 3. The van der Waals surface area contributed by atoms with Crippen molar-refractivity contribution in [3.05, 3.63) is 29.3 Å². The highest BCUT2D eigenvalue weighted by atomic mass is 19.4. The molecule has 0 saturated heterocycles. The molecule has 0 radical (unpaired) electrons. The molecule has 1 N–H and O–H groups in total. The van der Waals surface area contributed by atoms with Gasteiger partial charge in [-0.25, -0.2) is 0 Å². The van der Waals surface area contributed by atoms with Crippen LogP contribution in [0.1, 0.15) is 17.5 Å². The predicted octanol–water partition coefficient (Wildman–Crippen LogP) is 2.43. The summed E-state index contributed by atoms with van der Waals surface area (Å²) in [5.41, 5.74) is 3.25. The minimum absolute atomic E-state index is 0.0356. The number of hydrogen-bond acceptors (Lipinski definition) is 2. The van der Waals surface area contributed by atoms with E-state index in [0.717, 1.165) is 29.7 Å². The molecule has 3 nitrogen and oxygen atoms in total. The van der Waals surface area contributed by atoms with E-state index in [4.69, 9.17) is 0 Å². The van der Waals surface area contributed by atoms with Crippen LogP contribution in [0, 0.1) is 6.92 Å². The van der Waals surface area contributed by atoms with Crippen molar-refractivity contribution in [1.29, 1.82) is 0 Å². The summed E-state index contributed by atoms with van der Waals surface area (Å²) in [6.07, 6.45) is -2.52. The van der Waals surface area contributed by atoms with E-state index in [9.17, 15) is 18.0 Å². The van der Waals surface area contributed by atoms with Crippen LogP contribution in [0.2, 0.25) is 0 Å². The number of carbonyl (C=O) groups is 1. The van der Waals surface area contributed by atoms with E-state index in [1.807, 2.05) is 29.3 Å². The normalized spacial score (nSPS) is 14.9. The minimum atomic E-state index is -4.37. The molecule has 2 rings (SSSR count). The van der Waals surface area contributed by atoms with E-state index in [-0.39, 0.29) is 6.54 Å². The van der Waals surface area contributed by atoms with E-state index in [2.05, 4.69) is 6.07 Å². The molecule has 0 saturated carbocycles. The molecule has 1 aliphatic heterocycles. The van der Waals surface area contributed by atoms with Crippen LogP contribution < -0.4 is 10.2 Å². The first-order chi connectivity index (χ1) is 9.35. The number of fused-ring (bicyclic) bond motifs is 1. The topological polar surface area (TPSA) is 32.3 Å². The molecular weight excluding hydrogens is 269 g/mol. The fourth-order valence-electron chi connectivity index (χ4n) is 2.40. The minimum Gasteiger partial charge on any atom is -0.362 e. The highest BCUT2D eigenvalue weighted by Crippen LogP contribution is 2.27. The third kappa shape index (κ3) is 3.88. The van der Waals surface area contributed by atoms with Gasteiger partial charge in [0.05, 0.1) is 6.54 Å². The van der Waals surface area contributed by atoms with Crippen LogP contribution in [0.25, 0.3) is 0 Å². The maximum Gasteiger partial charge on any atom is 0.405 e. The third-order valence-electron chi connectivity index (χ3n) is 3.27. The molecule has 0 aliphatic carbocycles. The van der Waals surface area contributed by atoms with Crippen molar-refractivity contribution in [1.82, 2.24) is 5.32 Å². The molecule has 1 amide bonds. The average molecular weight is 286 g/mol. The van der Waals surface area contributed by atoms with Gasteiger partial charge in [-0.15, -0.1) is 0 Å². The summed E-state index contributed by atoms with van der Waals surface area (Å²) >= 11 is 0. The number of alkyl halides is 3. The van der Waals surface area contributed by atoms with Gasteiger partial charge >= 0.3 is 6.18 Å². The van der Waals surface area contributed by atoms with Crippen molar-refractivity contribution in [3.63, 3.8) is 0 Å². The average Bonchev–Trinajstić information content (AvgIpc) is 2.35. The Bertz CT molecular complexity index is 500. The van der Waals surface area contributed by atoms with Gasteiger partial charge in [0, 0.05) is 12.2 Å². The molecule has 110 valence electrons. The van der Waals surface area contributed by atoms with Gasteiger partial charge < -0.3 is 10.2 Å². The number of aryl methyl sites for hydroxylation is 2. The number of amides is 1. The number of hydrogen-bond donors (Lipinski definition) is 1. The number of nitrogens with one attached hydrogen (secondary N) is 1. The Morgan fingerprint density at radius 3 is 2.85 bits per heavy atom. The first kappa shape index (κ1) is 14.7. The summed E-state index contributed by atoms with van der Waals surface area (Å²) in [5, 5.41) is 1.91. The fourth-order valence-corrected chi connectivity index (χ4v) is 2.40. The largest absolute Gasteiger partial charge is 0.405 e. The summed E-state index contributed by atoms with van der Waals surface area (Å²) in [4.78, 5) is 13.4. The Labute approximate surface area is 115 Å². The highest BCUT2D eigenvalue weighted by Gasteiger charge is 2.28. The van der Waals surface area contributed by atoms with Crippen LogP contribution in [-0.4, -0.2) is 31.7 Å². The maximum atomic E-state index is 12.0. The van der Waals surface area contributed by atoms with Crippen LogP contribution in [0.4, 0.5) is 18.9 Å². The lowest BCUT2D eigenvalue weighted by Crippen LogP contribution is -2.42. The van der Waals surface area contributed by atoms with Crippen molar-refractivity contribution >= 4 is 11.6 Å². The Hall–Kier alpha value is -1.72. The molecule has 1 aliphatic rings. The number of carbonyl (C=O) groups excluding carboxylic acids is 1. The molecule has 0 spiro atoms. The second-order valence-corrected chi connectivity index (χ2v) is 5.05. The number of anilines is 1. The van der Waals surface area contributed by atoms with Gasteiger partial charge in [-0.05, 0) is 31.4 Å². The van der Waals surface area contributed by atoms with Gasteiger partial charge in [-0.2, -0.15) is 13.2 Å². The van der Waals surface area contributed by atoms with Crippen molar-refractivity contribution in [3.8, 4) is 0 Å². The van der Waals surface area contributed by atoms with E-state index in [0.29, 0.717) is 6.54 Å². The van der Waals surface area contributed by atoms with Crippen LogP contribution >= 0.6 is 0 Å². The zero-order valence-electron chi connectivity index (χ0n) is 11.3. The molecule has 1 heterocycles. The van der Waals surface area contributed by atoms with Crippen LogP contribution in [0.15, 0.2) is 18.2 Å². The summed E-state index contributed by atoms with van der Waals surface area (Å²) in [6.45, 7) is 1.37. The molecule has 20 heavy (non-hydrogen) atoms. The molecule has 0 bridgehead atoms. The van der Waals surface area contributed by atoms with Gasteiger partial charge in [0.1, 0.15) is 6.54 Å². The first-order valence-corrected chi connectivity index (χ1v) is 6.53. The van der Waals surface area contributed by atoms with Gasteiger partial charge in [0.15, 0.2) is 0 Å². The Morgan fingerprint density at radius 2 is 2.15 bits per heavy atom. The molecule has 6 heteroatoms. The quantitative estimate of drug-likeness (QED) is 0.925. The maximum absolute atomic E-state index is 12.0. The number of benzene rings is 1. The summed E-state index contributed by atoms with van der Waals surface area (Å²) in [6, 6.07) is 5.95. The molecular formula is C14H17F3N2O. The fraction of sp³-hybridized carbons (Fsp3) is 0.500. The second-order valence-electron chi connectivity index (χ2n) is 5.05. The van der Waals surface area contributed by atoms with Gasteiger partial charge in [0.25, 0.3) is 0 Å². The van der Waals surface area contributed by atoms with Crippen LogP contribution in [-0.2, 0) is 11.2 Å². The van der Waals surface area contributed by atoms with E-state index in [1.54, 1.807) is 0 Å². The first-order valence-electron chi connectivity index (χ1n) is 6.53.